The summed E-state index contributed by atoms with van der Waals surface area (Å²) in [5.74, 6) is 0.806. The molecular formula is C22H22N4O. The van der Waals surface area contributed by atoms with Crippen molar-refractivity contribution in [1.29, 1.82) is 0 Å². The monoisotopic (exact) mass is 358 g/mol. The Balaban J connectivity index is 1.90. The fraction of sp³-hybridized carbons (Fsp3) is 0.273. The van der Waals surface area contributed by atoms with E-state index < -0.39 is 5.41 Å². The number of aryl methyl sites for hydroxylation is 3. The Morgan fingerprint density at radius 3 is 2.15 bits per heavy atom. The molecule has 0 spiro atoms. The van der Waals surface area contributed by atoms with Gasteiger partial charge in [-0.2, -0.15) is 0 Å². The zero-order valence-corrected chi connectivity index (χ0v) is 16.2. The van der Waals surface area contributed by atoms with Gasteiger partial charge in [-0.1, -0.05) is 12.1 Å². The van der Waals surface area contributed by atoms with E-state index in [9.17, 15) is 4.79 Å². The lowest BCUT2D eigenvalue weighted by atomic mass is 9.85. The second kappa shape index (κ2) is 5.98. The minimum Gasteiger partial charge on any atom is -0.280 e. The van der Waals surface area contributed by atoms with Crippen LogP contribution < -0.4 is 4.90 Å². The summed E-state index contributed by atoms with van der Waals surface area (Å²) < 4.78 is 0. The third-order valence-corrected chi connectivity index (χ3v) is 5.09. The van der Waals surface area contributed by atoms with Gasteiger partial charge in [0.2, 0.25) is 5.91 Å². The van der Waals surface area contributed by atoms with Gasteiger partial charge in [0, 0.05) is 29.3 Å². The van der Waals surface area contributed by atoms with E-state index in [2.05, 4.69) is 21.0 Å². The molecule has 0 atom stereocenters. The maximum absolute atomic E-state index is 13.3. The van der Waals surface area contributed by atoms with Crippen LogP contribution in [0.4, 0.5) is 11.4 Å². The van der Waals surface area contributed by atoms with Crippen molar-refractivity contribution >= 4 is 17.3 Å². The molecule has 4 rings (SSSR count). The Kier molecular flexibility index (Phi) is 3.84. The number of pyridine rings is 1. The Labute approximate surface area is 159 Å². The average molecular weight is 358 g/mol. The van der Waals surface area contributed by atoms with E-state index in [4.69, 9.17) is 0 Å². The van der Waals surface area contributed by atoms with Gasteiger partial charge in [0.25, 0.3) is 0 Å². The summed E-state index contributed by atoms with van der Waals surface area (Å²) in [5, 5.41) is 0. The van der Waals surface area contributed by atoms with E-state index >= 15 is 0 Å². The van der Waals surface area contributed by atoms with Gasteiger partial charge in [-0.05, 0) is 63.9 Å². The number of carbonyl (C=O) groups is 1. The van der Waals surface area contributed by atoms with Crippen molar-refractivity contribution < 1.29 is 4.79 Å². The normalized spacial score (nSPS) is 15.1. The van der Waals surface area contributed by atoms with Crippen LogP contribution in [0.1, 0.15) is 36.6 Å². The van der Waals surface area contributed by atoms with Gasteiger partial charge in [-0.3, -0.25) is 14.7 Å². The topological polar surface area (TPSA) is 59.0 Å². The van der Waals surface area contributed by atoms with Crippen molar-refractivity contribution in [1.82, 2.24) is 15.0 Å². The van der Waals surface area contributed by atoms with E-state index in [0.717, 1.165) is 45.3 Å². The fourth-order valence-electron chi connectivity index (χ4n) is 3.67. The van der Waals surface area contributed by atoms with Crippen LogP contribution in [-0.4, -0.2) is 20.9 Å². The molecule has 1 aliphatic heterocycles. The maximum atomic E-state index is 13.3. The van der Waals surface area contributed by atoms with Crippen LogP contribution in [-0.2, 0) is 10.2 Å². The Morgan fingerprint density at radius 1 is 0.889 bits per heavy atom. The third-order valence-electron chi connectivity index (χ3n) is 5.09. The molecule has 136 valence electrons. The number of nitrogens with zero attached hydrogens (tertiary/aromatic N) is 4. The number of benzene rings is 1. The molecule has 5 nitrogen and oxygen atoms in total. The van der Waals surface area contributed by atoms with Crippen molar-refractivity contribution in [2.75, 3.05) is 4.90 Å². The van der Waals surface area contributed by atoms with E-state index in [1.165, 1.54) is 0 Å². The number of anilines is 2. The Hall–Kier alpha value is -3.08. The van der Waals surface area contributed by atoms with Gasteiger partial charge in [0.15, 0.2) is 0 Å². The number of rotatable bonds is 2. The molecule has 3 heterocycles. The minimum atomic E-state index is -0.581. The zero-order valence-electron chi connectivity index (χ0n) is 16.2. The van der Waals surface area contributed by atoms with Gasteiger partial charge < -0.3 is 0 Å². The second-order valence-corrected chi connectivity index (χ2v) is 7.62. The summed E-state index contributed by atoms with van der Waals surface area (Å²) in [5.41, 5.74) is 5.93. The van der Waals surface area contributed by atoms with E-state index in [1.54, 1.807) is 0 Å². The Bertz CT molecular complexity index is 1030. The van der Waals surface area contributed by atoms with Crippen LogP contribution in [0.25, 0.3) is 11.1 Å². The molecule has 2 aromatic heterocycles. The summed E-state index contributed by atoms with van der Waals surface area (Å²) in [4.78, 5) is 28.1. The molecule has 0 N–H and O–H groups in total. The van der Waals surface area contributed by atoms with Crippen molar-refractivity contribution in [3.8, 4) is 11.1 Å². The molecule has 5 heteroatoms. The first kappa shape index (κ1) is 17.3. The highest BCUT2D eigenvalue weighted by molar-refractivity contribution is 6.13. The lowest BCUT2D eigenvalue weighted by molar-refractivity contribution is -0.121. The number of aromatic nitrogens is 3. The van der Waals surface area contributed by atoms with Gasteiger partial charge in [0.1, 0.15) is 5.82 Å². The molecule has 0 unspecified atom stereocenters. The summed E-state index contributed by atoms with van der Waals surface area (Å²) in [7, 11) is 0. The van der Waals surface area contributed by atoms with Gasteiger partial charge in [-0.25, -0.2) is 9.97 Å². The van der Waals surface area contributed by atoms with Crippen LogP contribution in [0.15, 0.2) is 42.7 Å². The van der Waals surface area contributed by atoms with E-state index in [0.29, 0.717) is 0 Å². The predicted molar refractivity (Wildman–Crippen MR) is 106 cm³/mol. The molecule has 0 saturated heterocycles. The molecule has 1 aromatic carbocycles. The zero-order chi connectivity index (χ0) is 19.3. The molecule has 1 aliphatic rings. The number of hydrogen-bond donors (Lipinski definition) is 0. The molecule has 0 fully saturated rings. The number of amides is 1. The molecule has 0 aliphatic carbocycles. The summed E-state index contributed by atoms with van der Waals surface area (Å²) in [6.45, 7) is 9.71. The largest absolute Gasteiger partial charge is 0.280 e. The van der Waals surface area contributed by atoms with Crippen molar-refractivity contribution in [3.05, 3.63) is 65.5 Å². The Morgan fingerprint density at radius 2 is 1.52 bits per heavy atom. The first-order valence-corrected chi connectivity index (χ1v) is 9.01. The highest BCUT2D eigenvalue weighted by Crippen LogP contribution is 2.46. The highest BCUT2D eigenvalue weighted by atomic mass is 16.2. The first-order chi connectivity index (χ1) is 12.8. The van der Waals surface area contributed by atoms with Crippen LogP contribution >= 0.6 is 0 Å². The van der Waals surface area contributed by atoms with E-state index in [-0.39, 0.29) is 5.91 Å². The number of fused-ring (bicyclic) bond motifs is 1. The lowest BCUT2D eigenvalue weighted by Gasteiger charge is -2.21. The van der Waals surface area contributed by atoms with Crippen LogP contribution in [0.3, 0.4) is 0 Å². The lowest BCUT2D eigenvalue weighted by Crippen LogP contribution is -2.33. The summed E-state index contributed by atoms with van der Waals surface area (Å²) in [6, 6.07) is 10.0. The molecule has 0 radical (unpaired) electrons. The SMILES string of the molecule is Cc1cc(N2C(=O)C(C)(C)c3ccc(-c4cnc(C)nc4)cc32)cc(C)n1. The smallest absolute Gasteiger partial charge is 0.241 e. The van der Waals surface area contributed by atoms with E-state index in [1.807, 2.05) is 76.2 Å². The van der Waals surface area contributed by atoms with Crippen LogP contribution in [0.2, 0.25) is 0 Å². The van der Waals surface area contributed by atoms with Crippen molar-refractivity contribution in [3.63, 3.8) is 0 Å². The fourth-order valence-corrected chi connectivity index (χ4v) is 3.67. The third kappa shape index (κ3) is 2.79. The standard InChI is InChI=1S/C22H22N4O/c1-13-8-18(9-14(2)25-13)26-20-10-16(17-11-23-15(3)24-12-17)6-7-19(20)22(4,5)21(26)27/h6-12H,1-5H3. The number of hydrogen-bond acceptors (Lipinski definition) is 4. The molecule has 0 saturated carbocycles. The van der Waals surface area contributed by atoms with Crippen molar-refractivity contribution in [2.24, 2.45) is 0 Å². The second-order valence-electron chi connectivity index (χ2n) is 7.62. The predicted octanol–water partition coefficient (Wildman–Crippen LogP) is 4.42. The summed E-state index contributed by atoms with van der Waals surface area (Å²) >= 11 is 0. The maximum Gasteiger partial charge on any atom is 0.241 e. The molecule has 1 amide bonds. The van der Waals surface area contributed by atoms with Gasteiger partial charge in [0.05, 0.1) is 16.8 Å². The molecule has 3 aromatic rings. The molecular weight excluding hydrogens is 336 g/mol. The van der Waals surface area contributed by atoms with Gasteiger partial charge in [-0.15, -0.1) is 0 Å². The highest BCUT2D eigenvalue weighted by Gasteiger charge is 2.44. The molecule has 0 bridgehead atoms. The van der Waals surface area contributed by atoms with Gasteiger partial charge >= 0.3 is 0 Å². The quantitative estimate of drug-likeness (QED) is 0.680. The number of carbonyl (C=O) groups excluding carboxylic acids is 1. The van der Waals surface area contributed by atoms with Crippen LogP contribution in [0, 0.1) is 20.8 Å². The average Bonchev–Trinajstić information content (AvgIpc) is 2.81. The first-order valence-electron chi connectivity index (χ1n) is 9.01. The minimum absolute atomic E-state index is 0.0693. The van der Waals surface area contributed by atoms with Crippen LogP contribution in [0.5, 0.6) is 0 Å². The molecule has 27 heavy (non-hydrogen) atoms. The summed E-state index contributed by atoms with van der Waals surface area (Å²) in [6.07, 6.45) is 3.63. The van der Waals surface area contributed by atoms with Crippen molar-refractivity contribution in [2.45, 2.75) is 40.0 Å².